The van der Waals surface area contributed by atoms with Crippen LogP contribution in [0.5, 0.6) is 5.75 Å². The Kier molecular flexibility index (Phi) is 5.92. The van der Waals surface area contributed by atoms with E-state index >= 15 is 0 Å². The maximum Gasteiger partial charge on any atom is 0.141 e. The van der Waals surface area contributed by atoms with E-state index in [0.29, 0.717) is 28.8 Å². The van der Waals surface area contributed by atoms with Crippen LogP contribution in [-0.4, -0.2) is 12.6 Å². The van der Waals surface area contributed by atoms with Crippen LogP contribution >= 0.6 is 23.2 Å². The molecule has 0 saturated heterocycles. The molecule has 1 unspecified atom stereocenters. The third-order valence-electron chi connectivity index (χ3n) is 3.11. The summed E-state index contributed by atoms with van der Waals surface area (Å²) in [5, 5.41) is 1.14. The van der Waals surface area contributed by atoms with E-state index in [0.717, 1.165) is 12.0 Å². The Balaban J connectivity index is 2.08. The minimum atomic E-state index is 0.0241. The van der Waals surface area contributed by atoms with Gasteiger partial charge < -0.3 is 10.5 Å². The van der Waals surface area contributed by atoms with Gasteiger partial charge >= 0.3 is 0 Å². The SMILES string of the molecule is CC(N)Cc1cc(Cl)cc(Cl)c1OCCc1ccccc1. The summed E-state index contributed by atoms with van der Waals surface area (Å²) in [4.78, 5) is 0. The first-order valence-electron chi connectivity index (χ1n) is 6.96. The Labute approximate surface area is 135 Å². The number of hydrogen-bond acceptors (Lipinski definition) is 2. The minimum absolute atomic E-state index is 0.0241. The van der Waals surface area contributed by atoms with Crippen molar-refractivity contribution in [2.24, 2.45) is 5.73 Å². The normalized spacial score (nSPS) is 12.2. The van der Waals surface area contributed by atoms with Gasteiger partial charge in [0.15, 0.2) is 0 Å². The second-order valence-electron chi connectivity index (χ2n) is 5.14. The van der Waals surface area contributed by atoms with E-state index in [1.807, 2.05) is 31.2 Å². The Morgan fingerprint density at radius 2 is 1.86 bits per heavy atom. The van der Waals surface area contributed by atoms with Crippen LogP contribution in [0, 0.1) is 0 Å². The lowest BCUT2D eigenvalue weighted by molar-refractivity contribution is 0.318. The van der Waals surface area contributed by atoms with Gasteiger partial charge in [0, 0.05) is 17.5 Å². The van der Waals surface area contributed by atoms with Crippen LogP contribution in [0.3, 0.4) is 0 Å². The molecule has 4 heteroatoms. The van der Waals surface area contributed by atoms with Crippen molar-refractivity contribution in [1.29, 1.82) is 0 Å². The monoisotopic (exact) mass is 323 g/mol. The molecule has 112 valence electrons. The molecule has 2 aromatic rings. The van der Waals surface area contributed by atoms with Gasteiger partial charge in [0.05, 0.1) is 11.6 Å². The van der Waals surface area contributed by atoms with Crippen molar-refractivity contribution in [1.82, 2.24) is 0 Å². The van der Waals surface area contributed by atoms with Gasteiger partial charge in [-0.1, -0.05) is 53.5 Å². The molecule has 0 fully saturated rings. The van der Waals surface area contributed by atoms with Gasteiger partial charge in [0.25, 0.3) is 0 Å². The summed E-state index contributed by atoms with van der Waals surface area (Å²) in [6, 6.07) is 13.8. The Morgan fingerprint density at radius 3 is 2.52 bits per heavy atom. The van der Waals surface area contributed by atoms with E-state index in [1.165, 1.54) is 5.56 Å². The average Bonchev–Trinajstić information content (AvgIpc) is 2.42. The second-order valence-corrected chi connectivity index (χ2v) is 5.98. The molecule has 0 aliphatic carbocycles. The zero-order valence-electron chi connectivity index (χ0n) is 12.0. The van der Waals surface area contributed by atoms with Crippen molar-refractivity contribution in [2.75, 3.05) is 6.61 Å². The molecule has 0 heterocycles. The fourth-order valence-corrected chi connectivity index (χ4v) is 2.78. The zero-order valence-corrected chi connectivity index (χ0v) is 13.5. The quantitative estimate of drug-likeness (QED) is 0.849. The highest BCUT2D eigenvalue weighted by Crippen LogP contribution is 2.33. The minimum Gasteiger partial charge on any atom is -0.491 e. The van der Waals surface area contributed by atoms with Crippen LogP contribution in [0.4, 0.5) is 0 Å². The Hall–Kier alpha value is -1.22. The van der Waals surface area contributed by atoms with Crippen LogP contribution in [-0.2, 0) is 12.8 Å². The summed E-state index contributed by atoms with van der Waals surface area (Å²) in [5.74, 6) is 0.689. The highest BCUT2D eigenvalue weighted by Gasteiger charge is 2.12. The first-order valence-corrected chi connectivity index (χ1v) is 7.72. The van der Waals surface area contributed by atoms with Gasteiger partial charge in [0.2, 0.25) is 0 Å². The fraction of sp³-hybridized carbons (Fsp3) is 0.294. The summed E-state index contributed by atoms with van der Waals surface area (Å²) in [6.45, 7) is 2.51. The lowest BCUT2D eigenvalue weighted by Gasteiger charge is -2.15. The van der Waals surface area contributed by atoms with Crippen LogP contribution in [0.2, 0.25) is 10.0 Å². The van der Waals surface area contributed by atoms with Gasteiger partial charge in [-0.15, -0.1) is 0 Å². The molecule has 0 bridgehead atoms. The molecule has 0 aromatic heterocycles. The molecule has 0 amide bonds. The van der Waals surface area contributed by atoms with Crippen LogP contribution < -0.4 is 10.5 Å². The molecule has 2 rings (SSSR count). The molecule has 21 heavy (non-hydrogen) atoms. The smallest absolute Gasteiger partial charge is 0.141 e. The maximum absolute atomic E-state index is 6.25. The molecule has 2 aromatic carbocycles. The van der Waals surface area contributed by atoms with Gasteiger partial charge in [-0.3, -0.25) is 0 Å². The highest BCUT2D eigenvalue weighted by atomic mass is 35.5. The molecule has 1 atom stereocenters. The van der Waals surface area contributed by atoms with Crippen molar-refractivity contribution in [3.05, 3.63) is 63.6 Å². The van der Waals surface area contributed by atoms with E-state index in [1.54, 1.807) is 6.07 Å². The second kappa shape index (κ2) is 7.69. The maximum atomic E-state index is 6.25. The van der Waals surface area contributed by atoms with Crippen molar-refractivity contribution < 1.29 is 4.74 Å². The Morgan fingerprint density at radius 1 is 1.14 bits per heavy atom. The van der Waals surface area contributed by atoms with E-state index in [2.05, 4.69) is 12.1 Å². The average molecular weight is 324 g/mol. The molecule has 0 aliphatic rings. The van der Waals surface area contributed by atoms with Crippen molar-refractivity contribution in [2.45, 2.75) is 25.8 Å². The summed E-state index contributed by atoms with van der Waals surface area (Å²) in [6.07, 6.45) is 1.51. The van der Waals surface area contributed by atoms with Crippen molar-refractivity contribution in [3.8, 4) is 5.75 Å². The van der Waals surface area contributed by atoms with Crippen LogP contribution in [0.25, 0.3) is 0 Å². The largest absolute Gasteiger partial charge is 0.491 e. The van der Waals surface area contributed by atoms with Crippen LogP contribution in [0.15, 0.2) is 42.5 Å². The summed E-state index contributed by atoms with van der Waals surface area (Å²) < 4.78 is 5.88. The first-order chi connectivity index (χ1) is 10.1. The molecule has 0 aliphatic heterocycles. The van der Waals surface area contributed by atoms with E-state index < -0.39 is 0 Å². The fourth-order valence-electron chi connectivity index (χ4n) is 2.19. The molecular formula is C17H19Cl2NO. The van der Waals surface area contributed by atoms with Crippen molar-refractivity contribution in [3.63, 3.8) is 0 Å². The van der Waals surface area contributed by atoms with E-state index in [4.69, 9.17) is 33.7 Å². The summed E-state index contributed by atoms with van der Waals surface area (Å²) >= 11 is 12.3. The van der Waals surface area contributed by atoms with Gasteiger partial charge in [-0.2, -0.15) is 0 Å². The van der Waals surface area contributed by atoms with Gasteiger partial charge in [-0.25, -0.2) is 0 Å². The topological polar surface area (TPSA) is 35.2 Å². The summed E-state index contributed by atoms with van der Waals surface area (Å²) in [7, 11) is 0. The predicted octanol–water partition coefficient (Wildman–Crippen LogP) is 4.50. The molecule has 0 saturated carbocycles. The number of nitrogens with two attached hydrogens (primary N) is 1. The third kappa shape index (κ3) is 4.92. The van der Waals surface area contributed by atoms with E-state index in [9.17, 15) is 0 Å². The predicted molar refractivity (Wildman–Crippen MR) is 89.5 cm³/mol. The third-order valence-corrected chi connectivity index (χ3v) is 3.61. The highest BCUT2D eigenvalue weighted by molar-refractivity contribution is 6.35. The number of hydrogen-bond donors (Lipinski definition) is 1. The lowest BCUT2D eigenvalue weighted by Crippen LogP contribution is -2.18. The molecule has 2 nitrogen and oxygen atoms in total. The number of rotatable bonds is 6. The standard InChI is InChI=1S/C17H19Cl2NO/c1-12(20)9-14-10-15(18)11-16(19)17(14)21-8-7-13-5-3-2-4-6-13/h2-6,10-12H,7-9,20H2,1H3. The van der Waals surface area contributed by atoms with Crippen LogP contribution in [0.1, 0.15) is 18.1 Å². The lowest BCUT2D eigenvalue weighted by atomic mass is 10.1. The molecule has 2 N–H and O–H groups in total. The Bertz CT molecular complexity index is 585. The first kappa shape index (κ1) is 16.2. The molecular weight excluding hydrogens is 305 g/mol. The zero-order chi connectivity index (χ0) is 15.2. The number of halogens is 2. The molecule has 0 radical (unpaired) electrons. The van der Waals surface area contributed by atoms with Gasteiger partial charge in [-0.05, 0) is 36.6 Å². The number of ether oxygens (including phenoxy) is 1. The van der Waals surface area contributed by atoms with E-state index in [-0.39, 0.29) is 6.04 Å². The summed E-state index contributed by atoms with van der Waals surface area (Å²) in [5.41, 5.74) is 8.06. The number of benzene rings is 2. The van der Waals surface area contributed by atoms with Crippen molar-refractivity contribution >= 4 is 23.2 Å². The van der Waals surface area contributed by atoms with Gasteiger partial charge in [0.1, 0.15) is 5.75 Å². The molecule has 0 spiro atoms.